The van der Waals surface area contributed by atoms with E-state index in [1.807, 2.05) is 48.5 Å². The second-order valence-corrected chi connectivity index (χ2v) is 5.42. The van der Waals surface area contributed by atoms with Crippen LogP contribution in [0.25, 0.3) is 0 Å². The highest BCUT2D eigenvalue weighted by molar-refractivity contribution is 5.40. The summed E-state index contributed by atoms with van der Waals surface area (Å²) in [7, 11) is 3.27. The number of aliphatic hydroxyl groups is 1. The predicted molar refractivity (Wildman–Crippen MR) is 87.3 cm³/mol. The molecule has 0 aromatic heterocycles. The van der Waals surface area contributed by atoms with Crippen LogP contribution < -0.4 is 14.8 Å². The van der Waals surface area contributed by atoms with Gasteiger partial charge in [0.2, 0.25) is 0 Å². The largest absolute Gasteiger partial charge is 0.497 e. The molecule has 0 aliphatic heterocycles. The highest BCUT2D eigenvalue weighted by Crippen LogP contribution is 2.25. The normalized spacial score (nSPS) is 13.5. The molecule has 1 atom stereocenters. The summed E-state index contributed by atoms with van der Waals surface area (Å²) in [5.74, 6) is 1.53. The van der Waals surface area contributed by atoms with Gasteiger partial charge in [-0.05, 0) is 18.6 Å². The molecule has 22 heavy (non-hydrogen) atoms. The van der Waals surface area contributed by atoms with E-state index in [1.165, 1.54) is 0 Å². The summed E-state index contributed by atoms with van der Waals surface area (Å²) in [6.45, 7) is 2.86. The zero-order valence-corrected chi connectivity index (χ0v) is 13.3. The molecule has 0 amide bonds. The van der Waals surface area contributed by atoms with E-state index < -0.39 is 5.60 Å². The lowest BCUT2D eigenvalue weighted by Crippen LogP contribution is -2.35. The first kappa shape index (κ1) is 16.3. The van der Waals surface area contributed by atoms with Crippen LogP contribution >= 0.6 is 0 Å². The molecule has 0 saturated carbocycles. The minimum absolute atomic E-state index is 0.451. The molecule has 0 radical (unpaired) electrons. The summed E-state index contributed by atoms with van der Waals surface area (Å²) in [4.78, 5) is 0. The summed E-state index contributed by atoms with van der Waals surface area (Å²) in [6.07, 6.45) is 0. The van der Waals surface area contributed by atoms with Crippen LogP contribution in [0.3, 0.4) is 0 Å². The van der Waals surface area contributed by atoms with Gasteiger partial charge in [-0.1, -0.05) is 36.4 Å². The predicted octanol–water partition coefficient (Wildman–Crippen LogP) is 2.70. The van der Waals surface area contributed by atoms with Crippen molar-refractivity contribution in [1.29, 1.82) is 0 Å². The summed E-state index contributed by atoms with van der Waals surface area (Å²) < 4.78 is 10.6. The lowest BCUT2D eigenvalue weighted by molar-refractivity contribution is 0.0566. The fourth-order valence-electron chi connectivity index (χ4n) is 2.34. The quantitative estimate of drug-likeness (QED) is 0.825. The molecular formula is C18H23NO3. The van der Waals surface area contributed by atoms with Crippen LogP contribution in [0, 0.1) is 0 Å². The number of hydrogen-bond acceptors (Lipinski definition) is 4. The average molecular weight is 301 g/mol. The summed E-state index contributed by atoms with van der Waals surface area (Å²) in [5, 5.41) is 13.8. The Morgan fingerprint density at radius 1 is 1.05 bits per heavy atom. The van der Waals surface area contributed by atoms with Gasteiger partial charge in [-0.3, -0.25) is 0 Å². The van der Waals surface area contributed by atoms with Crippen molar-refractivity contribution in [2.75, 3.05) is 20.8 Å². The minimum atomic E-state index is -0.916. The number of nitrogens with one attached hydrogen (secondary N) is 1. The summed E-state index contributed by atoms with van der Waals surface area (Å²) in [6, 6.07) is 15.4. The first-order valence-corrected chi connectivity index (χ1v) is 7.26. The SMILES string of the molecule is COc1ccc(CNCC(C)(O)c2ccccc2)c(OC)c1. The Morgan fingerprint density at radius 3 is 2.41 bits per heavy atom. The molecule has 118 valence electrons. The molecule has 0 saturated heterocycles. The van der Waals surface area contributed by atoms with Gasteiger partial charge in [0, 0.05) is 24.7 Å². The highest BCUT2D eigenvalue weighted by atomic mass is 16.5. The molecule has 0 heterocycles. The smallest absolute Gasteiger partial charge is 0.127 e. The minimum Gasteiger partial charge on any atom is -0.497 e. The Balaban J connectivity index is 1.99. The van der Waals surface area contributed by atoms with Crippen LogP contribution in [-0.2, 0) is 12.1 Å². The highest BCUT2D eigenvalue weighted by Gasteiger charge is 2.22. The zero-order valence-electron chi connectivity index (χ0n) is 13.3. The number of hydrogen-bond donors (Lipinski definition) is 2. The third-order valence-electron chi connectivity index (χ3n) is 3.67. The fourth-order valence-corrected chi connectivity index (χ4v) is 2.34. The molecule has 2 aromatic rings. The molecule has 0 aliphatic carbocycles. The molecule has 0 bridgehead atoms. The lowest BCUT2D eigenvalue weighted by Gasteiger charge is -2.24. The maximum absolute atomic E-state index is 10.6. The Bertz CT molecular complexity index is 597. The number of ether oxygens (including phenoxy) is 2. The fraction of sp³-hybridized carbons (Fsp3) is 0.333. The van der Waals surface area contributed by atoms with Gasteiger partial charge >= 0.3 is 0 Å². The van der Waals surface area contributed by atoms with Gasteiger partial charge < -0.3 is 19.9 Å². The van der Waals surface area contributed by atoms with Crippen LogP contribution in [0.2, 0.25) is 0 Å². The van der Waals surface area contributed by atoms with Gasteiger partial charge in [0.1, 0.15) is 11.5 Å². The van der Waals surface area contributed by atoms with Crippen molar-refractivity contribution in [3.05, 3.63) is 59.7 Å². The van der Waals surface area contributed by atoms with Gasteiger partial charge in [0.25, 0.3) is 0 Å². The van der Waals surface area contributed by atoms with Crippen molar-refractivity contribution in [3.63, 3.8) is 0 Å². The van der Waals surface area contributed by atoms with Crippen molar-refractivity contribution < 1.29 is 14.6 Å². The number of methoxy groups -OCH3 is 2. The van der Waals surface area contributed by atoms with E-state index in [0.717, 1.165) is 22.6 Å². The second-order valence-electron chi connectivity index (χ2n) is 5.42. The van der Waals surface area contributed by atoms with Crippen LogP contribution in [0.5, 0.6) is 11.5 Å². The van der Waals surface area contributed by atoms with E-state index in [0.29, 0.717) is 13.1 Å². The molecule has 0 aliphatic rings. The molecule has 2 aromatic carbocycles. The van der Waals surface area contributed by atoms with Crippen LogP contribution in [0.4, 0.5) is 0 Å². The van der Waals surface area contributed by atoms with Crippen LogP contribution in [0.15, 0.2) is 48.5 Å². The first-order valence-electron chi connectivity index (χ1n) is 7.26. The molecule has 2 rings (SSSR count). The number of benzene rings is 2. The van der Waals surface area contributed by atoms with Gasteiger partial charge in [-0.2, -0.15) is 0 Å². The van der Waals surface area contributed by atoms with E-state index in [2.05, 4.69) is 5.32 Å². The van der Waals surface area contributed by atoms with Crippen molar-refractivity contribution in [3.8, 4) is 11.5 Å². The van der Waals surface area contributed by atoms with E-state index in [4.69, 9.17) is 9.47 Å². The van der Waals surface area contributed by atoms with E-state index in [1.54, 1.807) is 21.1 Å². The van der Waals surface area contributed by atoms with Crippen molar-refractivity contribution >= 4 is 0 Å². The van der Waals surface area contributed by atoms with Crippen LogP contribution in [0.1, 0.15) is 18.1 Å². The molecule has 0 spiro atoms. The van der Waals surface area contributed by atoms with Gasteiger partial charge in [0.15, 0.2) is 0 Å². The summed E-state index contributed by atoms with van der Waals surface area (Å²) >= 11 is 0. The van der Waals surface area contributed by atoms with Crippen LogP contribution in [-0.4, -0.2) is 25.9 Å². The van der Waals surface area contributed by atoms with Gasteiger partial charge in [-0.25, -0.2) is 0 Å². The van der Waals surface area contributed by atoms with E-state index in [-0.39, 0.29) is 0 Å². The molecule has 1 unspecified atom stereocenters. The van der Waals surface area contributed by atoms with Crippen molar-refractivity contribution in [2.24, 2.45) is 0 Å². The van der Waals surface area contributed by atoms with Gasteiger partial charge in [0.05, 0.1) is 19.8 Å². The maximum atomic E-state index is 10.6. The third kappa shape index (κ3) is 4.00. The van der Waals surface area contributed by atoms with Gasteiger partial charge in [-0.15, -0.1) is 0 Å². The third-order valence-corrected chi connectivity index (χ3v) is 3.67. The van der Waals surface area contributed by atoms with E-state index in [9.17, 15) is 5.11 Å². The zero-order chi connectivity index (χ0) is 16.0. The first-order chi connectivity index (χ1) is 10.6. The Labute approximate surface area is 131 Å². The Hall–Kier alpha value is -2.04. The second kappa shape index (κ2) is 7.29. The maximum Gasteiger partial charge on any atom is 0.127 e. The Kier molecular flexibility index (Phi) is 5.41. The summed E-state index contributed by atoms with van der Waals surface area (Å²) in [5.41, 5.74) is 0.998. The molecule has 4 heteroatoms. The topological polar surface area (TPSA) is 50.7 Å². The van der Waals surface area contributed by atoms with Crippen molar-refractivity contribution in [2.45, 2.75) is 19.1 Å². The average Bonchev–Trinajstić information content (AvgIpc) is 2.55. The lowest BCUT2D eigenvalue weighted by atomic mass is 9.96. The van der Waals surface area contributed by atoms with Crippen molar-refractivity contribution in [1.82, 2.24) is 5.32 Å². The molecule has 0 fully saturated rings. The van der Waals surface area contributed by atoms with E-state index >= 15 is 0 Å². The monoisotopic (exact) mass is 301 g/mol. The Morgan fingerprint density at radius 2 is 1.77 bits per heavy atom. The molecule has 2 N–H and O–H groups in total. The molecule has 4 nitrogen and oxygen atoms in total. The molecular weight excluding hydrogens is 278 g/mol. The number of rotatable bonds is 7. The standard InChI is InChI=1S/C18H23NO3/c1-18(20,15-7-5-4-6-8-15)13-19-12-14-9-10-16(21-2)11-17(14)22-3/h4-11,19-20H,12-13H2,1-3H3.